The van der Waals surface area contributed by atoms with Crippen LogP contribution in [0, 0.1) is 5.92 Å². The van der Waals surface area contributed by atoms with Gasteiger partial charge in [-0.25, -0.2) is 10.3 Å². The molecule has 0 spiro atoms. The Hall–Kier alpha value is -5.52. The fraction of sp³-hybridized carbons (Fsp3) is 0.615. The molecule has 0 aliphatic carbocycles. The van der Waals surface area contributed by atoms with Gasteiger partial charge in [-0.05, 0) is 50.5 Å². The standard InChI is InChI=1S/C39H60N10O12S/c40-35(56)25(12-6-7-15-41-30(52)14-5-4-13-29-34-28(22-62-29)47-39(60)48-34)44-33(55)20-42-32(54)19-43-37(58)27(21-51)46-38(59)26(17-23-9-2-1-3-10-23)45-36(57)24(11-8-16-50)18-31(53)49-61/h1-3,9-10,24-29,34,50-51,61H,4-8,11-22H2,(H2,40,56)(H,41,52)(H,42,54)(H,43,58)(H,44,55)(H,45,57)(H,46,59)(H,49,53)(H2,47,48,60)/t24?,25-,26-,27-,28-,29-,34-/m0/s1. The van der Waals surface area contributed by atoms with Gasteiger partial charge in [-0.15, -0.1) is 0 Å². The first kappa shape index (κ1) is 50.8. The van der Waals surface area contributed by atoms with E-state index in [9.17, 15) is 53.4 Å². The molecule has 2 aliphatic heterocycles. The lowest BCUT2D eigenvalue weighted by atomic mass is 9.96. The molecule has 10 amide bonds. The van der Waals surface area contributed by atoms with Crippen LogP contribution in [0.1, 0.15) is 69.8 Å². The largest absolute Gasteiger partial charge is 0.396 e. The van der Waals surface area contributed by atoms with Crippen molar-refractivity contribution < 1.29 is 58.6 Å². The number of amides is 10. The van der Waals surface area contributed by atoms with Crippen LogP contribution in [-0.2, 0) is 44.8 Å². The second kappa shape index (κ2) is 27.4. The molecule has 1 unspecified atom stereocenters. The predicted molar refractivity (Wildman–Crippen MR) is 223 cm³/mol. The summed E-state index contributed by atoms with van der Waals surface area (Å²) in [6.45, 7) is -2.03. The Morgan fingerprint density at radius 1 is 0.742 bits per heavy atom. The number of nitrogens with two attached hydrogens (primary N) is 1. The Morgan fingerprint density at radius 2 is 1.47 bits per heavy atom. The fourth-order valence-corrected chi connectivity index (χ4v) is 8.42. The van der Waals surface area contributed by atoms with Crippen LogP contribution in [0.5, 0.6) is 0 Å². The summed E-state index contributed by atoms with van der Waals surface area (Å²) in [5.41, 5.74) is 7.53. The van der Waals surface area contributed by atoms with E-state index >= 15 is 0 Å². The van der Waals surface area contributed by atoms with E-state index in [-0.39, 0.29) is 56.3 Å². The van der Waals surface area contributed by atoms with Gasteiger partial charge in [0.05, 0.1) is 31.8 Å². The number of carbonyl (C=O) groups excluding carboxylic acids is 9. The number of primary amides is 1. The number of hydroxylamine groups is 1. The molecule has 0 radical (unpaired) electrons. The van der Waals surface area contributed by atoms with E-state index < -0.39 is 91.5 Å². The highest BCUT2D eigenvalue weighted by Crippen LogP contribution is 2.33. The lowest BCUT2D eigenvalue weighted by Gasteiger charge is -2.24. The number of fused-ring (bicyclic) bond motifs is 1. The highest BCUT2D eigenvalue weighted by Gasteiger charge is 2.42. The Morgan fingerprint density at radius 3 is 2.16 bits per heavy atom. The van der Waals surface area contributed by atoms with E-state index in [2.05, 4.69) is 42.5 Å². The number of aliphatic hydroxyl groups excluding tert-OH is 2. The molecule has 22 nitrogen and oxygen atoms in total. The zero-order chi connectivity index (χ0) is 45.4. The lowest BCUT2D eigenvalue weighted by Crippen LogP contribution is -2.57. The summed E-state index contributed by atoms with van der Waals surface area (Å²) in [6, 6.07) is 4.78. The molecule has 23 heteroatoms. The molecule has 62 heavy (non-hydrogen) atoms. The van der Waals surface area contributed by atoms with Gasteiger partial charge in [0, 0.05) is 49.3 Å². The van der Waals surface area contributed by atoms with Crippen molar-refractivity contribution in [2.75, 3.05) is 38.6 Å². The molecule has 1 aromatic rings. The number of carbonyl (C=O) groups is 9. The first-order valence-corrected chi connectivity index (χ1v) is 21.7. The molecular formula is C39H60N10O12S. The molecule has 3 rings (SSSR count). The van der Waals surface area contributed by atoms with Crippen molar-refractivity contribution in [3.63, 3.8) is 0 Å². The van der Waals surface area contributed by atoms with E-state index in [1.807, 2.05) is 11.8 Å². The van der Waals surface area contributed by atoms with Gasteiger partial charge < -0.3 is 58.5 Å². The number of thioether (sulfide) groups is 1. The minimum absolute atomic E-state index is 0.0544. The number of benzene rings is 1. The predicted octanol–water partition coefficient (Wildman–Crippen LogP) is -3.31. The highest BCUT2D eigenvalue weighted by atomic mass is 32.2. The molecule has 2 fully saturated rings. The minimum Gasteiger partial charge on any atom is -0.396 e. The Kier molecular flexibility index (Phi) is 22.5. The minimum atomic E-state index is -1.57. The van der Waals surface area contributed by atoms with Gasteiger partial charge in [-0.1, -0.05) is 36.8 Å². The lowest BCUT2D eigenvalue weighted by molar-refractivity contribution is -0.137. The smallest absolute Gasteiger partial charge is 0.315 e. The highest BCUT2D eigenvalue weighted by molar-refractivity contribution is 8.00. The molecule has 7 atom stereocenters. The monoisotopic (exact) mass is 892 g/mol. The average Bonchev–Trinajstić information content (AvgIpc) is 3.82. The number of unbranched alkanes of at least 4 members (excludes halogenated alkanes) is 2. The first-order valence-electron chi connectivity index (χ1n) is 20.6. The summed E-state index contributed by atoms with van der Waals surface area (Å²) < 4.78 is 0. The van der Waals surface area contributed by atoms with Crippen LogP contribution < -0.4 is 53.7 Å². The first-order chi connectivity index (χ1) is 29.7. The van der Waals surface area contributed by atoms with Gasteiger partial charge in [-0.3, -0.25) is 43.6 Å². The van der Waals surface area contributed by atoms with Gasteiger partial charge in [0.15, 0.2) is 0 Å². The SMILES string of the molecule is NC(=O)[C@H](CCCCNC(=O)CCCC[C@@H]1SC[C@@H]2NC(=O)N[C@@H]21)NC(=O)CNC(=O)CNC(=O)[C@H](CO)NC(=O)[C@H](Cc1ccccc1)NC(=O)C(CCCO)CC(=O)NO. The van der Waals surface area contributed by atoms with Crippen molar-refractivity contribution in [2.24, 2.45) is 11.7 Å². The van der Waals surface area contributed by atoms with Crippen molar-refractivity contribution in [1.29, 1.82) is 0 Å². The zero-order valence-corrected chi connectivity index (χ0v) is 35.3. The number of urea groups is 1. The van der Waals surface area contributed by atoms with Crippen LogP contribution >= 0.6 is 11.8 Å². The summed E-state index contributed by atoms with van der Waals surface area (Å²) in [5, 5.41) is 49.0. The molecule has 14 N–H and O–H groups in total. The third kappa shape index (κ3) is 18.2. The molecule has 2 heterocycles. The van der Waals surface area contributed by atoms with E-state index in [1.165, 1.54) is 5.48 Å². The third-order valence-electron chi connectivity index (χ3n) is 10.2. The number of hydrogen-bond donors (Lipinski definition) is 13. The van der Waals surface area contributed by atoms with Gasteiger partial charge in [0.1, 0.15) is 18.1 Å². The van der Waals surface area contributed by atoms with E-state index in [4.69, 9.17) is 10.9 Å². The van der Waals surface area contributed by atoms with E-state index in [0.29, 0.717) is 43.0 Å². The molecule has 0 saturated carbocycles. The quantitative estimate of drug-likeness (QED) is 0.0162. The normalized spacial score (nSPS) is 18.3. The molecular weight excluding hydrogens is 833 g/mol. The van der Waals surface area contributed by atoms with Gasteiger partial charge in [0.2, 0.25) is 47.3 Å². The van der Waals surface area contributed by atoms with Crippen LogP contribution in [0.25, 0.3) is 0 Å². The number of rotatable bonds is 29. The van der Waals surface area contributed by atoms with Crippen molar-refractivity contribution in [3.8, 4) is 0 Å². The fourth-order valence-electron chi connectivity index (χ4n) is 6.87. The average molecular weight is 893 g/mol. The van der Waals surface area contributed by atoms with Gasteiger partial charge in [0.25, 0.3) is 0 Å². The summed E-state index contributed by atoms with van der Waals surface area (Å²) >= 11 is 1.83. The Labute approximate surface area is 363 Å². The number of nitrogens with one attached hydrogen (secondary N) is 9. The second-order valence-electron chi connectivity index (χ2n) is 15.0. The number of hydrogen-bond acceptors (Lipinski definition) is 13. The Balaban J connectivity index is 1.36. The van der Waals surface area contributed by atoms with Crippen molar-refractivity contribution in [2.45, 2.75) is 106 Å². The van der Waals surface area contributed by atoms with Crippen molar-refractivity contribution >= 4 is 65.1 Å². The summed E-state index contributed by atoms with van der Waals surface area (Å²) in [5.74, 6) is -6.01. The van der Waals surface area contributed by atoms with Crippen LogP contribution in [0.3, 0.4) is 0 Å². The van der Waals surface area contributed by atoms with Crippen LogP contribution in [0.4, 0.5) is 4.79 Å². The maximum absolute atomic E-state index is 13.4. The Bertz CT molecular complexity index is 1690. The molecule has 2 aliphatic rings. The maximum Gasteiger partial charge on any atom is 0.315 e. The van der Waals surface area contributed by atoms with Crippen LogP contribution in [0.15, 0.2) is 30.3 Å². The molecule has 2 saturated heterocycles. The summed E-state index contributed by atoms with van der Waals surface area (Å²) in [6.07, 6.45) is 3.72. The number of aliphatic hydroxyl groups is 2. The molecule has 0 bridgehead atoms. The van der Waals surface area contributed by atoms with Gasteiger partial charge >= 0.3 is 6.03 Å². The third-order valence-corrected chi connectivity index (χ3v) is 11.7. The van der Waals surface area contributed by atoms with E-state index in [1.54, 1.807) is 30.3 Å². The van der Waals surface area contributed by atoms with Crippen LogP contribution in [0.2, 0.25) is 0 Å². The summed E-state index contributed by atoms with van der Waals surface area (Å²) in [4.78, 5) is 112. The zero-order valence-electron chi connectivity index (χ0n) is 34.5. The maximum atomic E-state index is 13.4. The summed E-state index contributed by atoms with van der Waals surface area (Å²) in [7, 11) is 0. The topological polar surface area (TPSA) is 349 Å². The van der Waals surface area contributed by atoms with Crippen LogP contribution in [-0.4, -0.2) is 143 Å². The second-order valence-corrected chi connectivity index (χ2v) is 16.3. The van der Waals surface area contributed by atoms with Crippen molar-refractivity contribution in [3.05, 3.63) is 35.9 Å². The molecule has 344 valence electrons. The van der Waals surface area contributed by atoms with Gasteiger partial charge in [-0.2, -0.15) is 11.8 Å². The van der Waals surface area contributed by atoms with Crippen molar-refractivity contribution in [1.82, 2.24) is 48.0 Å². The molecule has 0 aromatic heterocycles. The van der Waals surface area contributed by atoms with E-state index in [0.717, 1.165) is 18.6 Å². The molecule has 1 aromatic carbocycles.